The smallest absolute Gasteiger partial charge is 0.243 e. The van der Waals surface area contributed by atoms with Crippen LogP contribution >= 0.6 is 12.6 Å². The van der Waals surface area contributed by atoms with Gasteiger partial charge in [0.2, 0.25) is 11.8 Å². The largest absolute Gasteiger partial charge is 0.352 e. The summed E-state index contributed by atoms with van der Waals surface area (Å²) in [6, 6.07) is -0.592. The number of nitrogens with zero attached hydrogens (tertiary/aromatic N) is 2. The Bertz CT molecular complexity index is 419. The van der Waals surface area contributed by atoms with Crippen LogP contribution in [0.25, 0.3) is 0 Å². The minimum Gasteiger partial charge on any atom is -0.352 e. The summed E-state index contributed by atoms with van der Waals surface area (Å²) in [4.78, 5) is 22.6. The number of hydrogen-bond donors (Lipinski definition) is 3. The average Bonchev–Trinajstić information content (AvgIpc) is 2.71. The molecule has 1 atom stereocenters. The van der Waals surface area contributed by atoms with Gasteiger partial charge < -0.3 is 10.6 Å². The zero-order chi connectivity index (χ0) is 13.5. The second-order valence-corrected chi connectivity index (χ2v) is 4.37. The number of nitrogens with one attached hydrogen (secondary N) is 2. The van der Waals surface area contributed by atoms with Gasteiger partial charge in [-0.2, -0.15) is 17.7 Å². The predicted molar refractivity (Wildman–Crippen MR) is 71.4 cm³/mol. The normalized spacial score (nSPS) is 11.9. The highest BCUT2D eigenvalue weighted by atomic mass is 32.1. The molecule has 100 valence electrons. The van der Waals surface area contributed by atoms with Crippen molar-refractivity contribution in [3.63, 3.8) is 0 Å². The lowest BCUT2D eigenvalue weighted by Gasteiger charge is -2.15. The summed E-state index contributed by atoms with van der Waals surface area (Å²) in [6.07, 6.45) is 3.66. The molecule has 0 saturated heterocycles. The van der Waals surface area contributed by atoms with E-state index in [0.717, 1.165) is 5.56 Å². The number of rotatable bonds is 6. The molecular weight excluding hydrogens is 252 g/mol. The molecule has 18 heavy (non-hydrogen) atoms. The van der Waals surface area contributed by atoms with Crippen molar-refractivity contribution < 1.29 is 9.59 Å². The lowest BCUT2D eigenvalue weighted by molar-refractivity contribution is -0.127. The van der Waals surface area contributed by atoms with E-state index in [4.69, 9.17) is 0 Å². The Morgan fingerprint density at radius 2 is 2.28 bits per heavy atom. The lowest BCUT2D eigenvalue weighted by atomic mass is 10.3. The van der Waals surface area contributed by atoms with Crippen LogP contribution in [0, 0.1) is 6.92 Å². The Kier molecular flexibility index (Phi) is 5.70. The van der Waals surface area contributed by atoms with Crippen LogP contribution in [-0.4, -0.2) is 39.9 Å². The van der Waals surface area contributed by atoms with Gasteiger partial charge in [-0.05, 0) is 12.5 Å². The molecule has 1 heterocycles. The third-order valence-corrected chi connectivity index (χ3v) is 2.64. The van der Waals surface area contributed by atoms with Crippen molar-refractivity contribution >= 4 is 24.4 Å². The fourth-order valence-corrected chi connectivity index (χ4v) is 1.70. The fourth-order valence-electron chi connectivity index (χ4n) is 1.45. The molecule has 0 aromatic carbocycles. The summed E-state index contributed by atoms with van der Waals surface area (Å²) in [7, 11) is 0. The van der Waals surface area contributed by atoms with Crippen molar-refractivity contribution in [3.8, 4) is 0 Å². The SMILES string of the molecule is CC(=O)NC(CS)C(=O)NCCn1cc(C)cn1. The first kappa shape index (κ1) is 14.6. The Morgan fingerprint density at radius 1 is 1.56 bits per heavy atom. The highest BCUT2D eigenvalue weighted by Gasteiger charge is 2.16. The number of carbonyl (C=O) groups is 2. The van der Waals surface area contributed by atoms with Crippen molar-refractivity contribution in [1.29, 1.82) is 0 Å². The second-order valence-electron chi connectivity index (χ2n) is 4.01. The van der Waals surface area contributed by atoms with Gasteiger partial charge in [0, 0.05) is 25.4 Å². The molecule has 0 aliphatic heterocycles. The Hall–Kier alpha value is -1.50. The first-order valence-corrected chi connectivity index (χ1v) is 6.31. The van der Waals surface area contributed by atoms with Gasteiger partial charge in [0.05, 0.1) is 12.7 Å². The monoisotopic (exact) mass is 270 g/mol. The topological polar surface area (TPSA) is 76.0 Å². The first-order chi connectivity index (χ1) is 8.52. The van der Waals surface area contributed by atoms with Crippen LogP contribution in [0.4, 0.5) is 0 Å². The van der Waals surface area contributed by atoms with Gasteiger partial charge in [-0.25, -0.2) is 0 Å². The maximum atomic E-state index is 11.7. The van der Waals surface area contributed by atoms with E-state index < -0.39 is 6.04 Å². The van der Waals surface area contributed by atoms with Crippen LogP contribution in [0.2, 0.25) is 0 Å². The average molecular weight is 270 g/mol. The summed E-state index contributed by atoms with van der Waals surface area (Å²) in [5.74, 6) is -0.206. The Morgan fingerprint density at radius 3 is 2.78 bits per heavy atom. The van der Waals surface area contributed by atoms with Crippen LogP contribution in [0.3, 0.4) is 0 Å². The molecule has 1 aromatic heterocycles. The Labute approximate surface area is 112 Å². The molecule has 6 nitrogen and oxygen atoms in total. The lowest BCUT2D eigenvalue weighted by Crippen LogP contribution is -2.47. The van der Waals surface area contributed by atoms with E-state index >= 15 is 0 Å². The number of aromatic nitrogens is 2. The summed E-state index contributed by atoms with van der Waals surface area (Å²) < 4.78 is 1.75. The van der Waals surface area contributed by atoms with Gasteiger partial charge in [-0.1, -0.05) is 0 Å². The maximum absolute atomic E-state index is 11.7. The van der Waals surface area contributed by atoms with Gasteiger partial charge in [0.15, 0.2) is 0 Å². The van der Waals surface area contributed by atoms with Crippen LogP contribution in [-0.2, 0) is 16.1 Å². The number of aryl methyl sites for hydroxylation is 1. The standard InChI is InChI=1S/C11H18N4O2S/c1-8-5-13-15(6-8)4-3-12-11(17)10(7-18)14-9(2)16/h5-6,10,18H,3-4,7H2,1-2H3,(H,12,17)(H,14,16). The van der Waals surface area contributed by atoms with Crippen LogP contribution in [0.5, 0.6) is 0 Å². The molecule has 0 radical (unpaired) electrons. The Balaban J connectivity index is 2.33. The van der Waals surface area contributed by atoms with Gasteiger partial charge in [0.1, 0.15) is 6.04 Å². The molecule has 1 aromatic rings. The molecule has 0 spiro atoms. The van der Waals surface area contributed by atoms with E-state index in [1.165, 1.54) is 6.92 Å². The predicted octanol–water partition coefficient (Wildman–Crippen LogP) is -0.258. The third kappa shape index (κ3) is 4.79. The van der Waals surface area contributed by atoms with Crippen LogP contribution < -0.4 is 10.6 Å². The molecule has 0 bridgehead atoms. The van der Waals surface area contributed by atoms with Crippen molar-refractivity contribution in [3.05, 3.63) is 18.0 Å². The second kappa shape index (κ2) is 7.05. The highest BCUT2D eigenvalue weighted by molar-refractivity contribution is 7.80. The maximum Gasteiger partial charge on any atom is 0.243 e. The van der Waals surface area contributed by atoms with E-state index in [9.17, 15) is 9.59 Å². The first-order valence-electron chi connectivity index (χ1n) is 5.67. The van der Waals surface area contributed by atoms with E-state index in [1.807, 2.05) is 13.1 Å². The molecule has 1 rings (SSSR count). The quantitative estimate of drug-likeness (QED) is 0.624. The number of hydrogen-bond acceptors (Lipinski definition) is 4. The van der Waals surface area contributed by atoms with Crippen LogP contribution in [0.15, 0.2) is 12.4 Å². The zero-order valence-electron chi connectivity index (χ0n) is 10.5. The summed E-state index contributed by atoms with van der Waals surface area (Å²) in [6.45, 7) is 4.38. The molecule has 0 saturated carbocycles. The summed E-state index contributed by atoms with van der Waals surface area (Å²) in [5, 5.41) is 9.37. The van der Waals surface area contributed by atoms with E-state index in [-0.39, 0.29) is 17.6 Å². The minimum atomic E-state index is -0.592. The molecule has 7 heteroatoms. The van der Waals surface area contributed by atoms with E-state index in [0.29, 0.717) is 13.1 Å². The number of amides is 2. The summed E-state index contributed by atoms with van der Waals surface area (Å²) >= 11 is 4.03. The third-order valence-electron chi connectivity index (χ3n) is 2.28. The fraction of sp³-hybridized carbons (Fsp3) is 0.545. The molecule has 2 amide bonds. The summed E-state index contributed by atoms with van der Waals surface area (Å²) in [5.41, 5.74) is 1.08. The molecular formula is C11H18N4O2S. The molecule has 2 N–H and O–H groups in total. The highest BCUT2D eigenvalue weighted by Crippen LogP contribution is 1.93. The zero-order valence-corrected chi connectivity index (χ0v) is 11.4. The molecule has 1 unspecified atom stereocenters. The van der Waals surface area contributed by atoms with Gasteiger partial charge in [0.25, 0.3) is 0 Å². The van der Waals surface area contributed by atoms with Crippen molar-refractivity contribution in [1.82, 2.24) is 20.4 Å². The number of thiol groups is 1. The number of carbonyl (C=O) groups excluding carboxylic acids is 2. The van der Waals surface area contributed by atoms with E-state index in [2.05, 4.69) is 28.4 Å². The van der Waals surface area contributed by atoms with Gasteiger partial charge in [-0.3, -0.25) is 14.3 Å². The van der Waals surface area contributed by atoms with E-state index in [1.54, 1.807) is 10.9 Å². The van der Waals surface area contributed by atoms with Crippen molar-refractivity contribution in [2.45, 2.75) is 26.4 Å². The molecule has 0 fully saturated rings. The van der Waals surface area contributed by atoms with Gasteiger partial charge >= 0.3 is 0 Å². The molecule has 0 aliphatic rings. The minimum absolute atomic E-state index is 0.232. The van der Waals surface area contributed by atoms with Crippen LogP contribution in [0.1, 0.15) is 12.5 Å². The van der Waals surface area contributed by atoms with Gasteiger partial charge in [-0.15, -0.1) is 0 Å². The molecule has 0 aliphatic carbocycles. The van der Waals surface area contributed by atoms with Crippen molar-refractivity contribution in [2.75, 3.05) is 12.3 Å². The van der Waals surface area contributed by atoms with Crippen molar-refractivity contribution in [2.24, 2.45) is 0 Å².